The second kappa shape index (κ2) is 9.91. The first-order chi connectivity index (χ1) is 14.4. The number of thiazole rings is 1. The summed E-state index contributed by atoms with van der Waals surface area (Å²) in [6.07, 6.45) is 3.48. The quantitative estimate of drug-likeness (QED) is 0.448. The van der Waals surface area contributed by atoms with Crippen molar-refractivity contribution in [1.29, 1.82) is 0 Å². The van der Waals surface area contributed by atoms with Gasteiger partial charge in [-0.25, -0.2) is 13.4 Å². The Kier molecular flexibility index (Phi) is 7.51. The van der Waals surface area contributed by atoms with E-state index >= 15 is 0 Å². The summed E-state index contributed by atoms with van der Waals surface area (Å²) in [4.78, 5) is 17.3. The van der Waals surface area contributed by atoms with E-state index in [-0.39, 0.29) is 10.8 Å². The number of aromatic nitrogens is 1. The highest BCUT2D eigenvalue weighted by Crippen LogP contribution is 2.30. The first-order valence-electron chi connectivity index (χ1n) is 9.75. The summed E-state index contributed by atoms with van der Waals surface area (Å²) < 4.78 is 29.2. The zero-order chi connectivity index (χ0) is 21.7. The molecule has 0 unspecified atom stereocenters. The smallest absolute Gasteiger partial charge is 0.255 e. The number of nitrogens with zero attached hydrogens (tertiary/aromatic N) is 2. The minimum atomic E-state index is -3.56. The number of fused-ring (bicyclic) bond motifs is 1. The molecule has 0 fully saturated rings. The van der Waals surface area contributed by atoms with E-state index in [2.05, 4.69) is 10.3 Å². The lowest BCUT2D eigenvalue weighted by molar-refractivity contribution is 0.102. The molecular weight excluding hydrogens is 438 g/mol. The summed E-state index contributed by atoms with van der Waals surface area (Å²) in [7, 11) is -3.56. The summed E-state index contributed by atoms with van der Waals surface area (Å²) in [6, 6.07) is 11.7. The van der Waals surface area contributed by atoms with Crippen molar-refractivity contribution >= 4 is 54.9 Å². The molecule has 0 aliphatic carbocycles. The summed E-state index contributed by atoms with van der Waals surface area (Å²) in [6.45, 7) is 4.88. The predicted octanol–water partition coefficient (Wildman–Crippen LogP) is 5.08. The maximum Gasteiger partial charge on any atom is 0.255 e. The number of carbonyl (C=O) groups excluding carboxylic acids is 1. The molecule has 0 bridgehead atoms. The molecule has 0 spiro atoms. The maximum absolute atomic E-state index is 12.9. The number of carbonyl (C=O) groups is 1. The van der Waals surface area contributed by atoms with Gasteiger partial charge in [0.15, 0.2) is 4.34 Å². The van der Waals surface area contributed by atoms with Gasteiger partial charge in [-0.2, -0.15) is 4.31 Å². The Morgan fingerprint density at radius 1 is 1.10 bits per heavy atom. The fourth-order valence-corrected chi connectivity index (χ4v) is 6.20. The largest absolute Gasteiger partial charge is 0.322 e. The monoisotopic (exact) mass is 463 g/mol. The van der Waals surface area contributed by atoms with Crippen LogP contribution < -0.4 is 5.32 Å². The van der Waals surface area contributed by atoms with Crippen molar-refractivity contribution in [3.05, 3.63) is 48.0 Å². The van der Waals surface area contributed by atoms with E-state index in [0.29, 0.717) is 24.3 Å². The van der Waals surface area contributed by atoms with Gasteiger partial charge < -0.3 is 5.32 Å². The molecule has 2 aromatic carbocycles. The normalized spacial score (nSPS) is 11.9. The van der Waals surface area contributed by atoms with Crippen molar-refractivity contribution in [3.8, 4) is 0 Å². The molecule has 0 radical (unpaired) electrons. The lowest BCUT2D eigenvalue weighted by atomic mass is 10.2. The van der Waals surface area contributed by atoms with E-state index in [9.17, 15) is 13.2 Å². The Bertz CT molecular complexity index is 1120. The standard InChI is InChI=1S/C21H25N3O3S3/c1-4-12-24(13-5-2)30(26,27)17-9-6-15(7-10-17)20(25)22-16-8-11-18-19(14-16)29-21(23-18)28-3/h6-11,14H,4-5,12-13H2,1-3H3,(H,22,25). The molecule has 0 aliphatic heterocycles. The summed E-state index contributed by atoms with van der Waals surface area (Å²) in [5.41, 5.74) is 1.99. The Morgan fingerprint density at radius 2 is 1.77 bits per heavy atom. The van der Waals surface area contributed by atoms with Crippen LogP contribution >= 0.6 is 23.1 Å². The van der Waals surface area contributed by atoms with Gasteiger partial charge in [0.05, 0.1) is 15.1 Å². The van der Waals surface area contributed by atoms with Gasteiger partial charge in [0.2, 0.25) is 10.0 Å². The first kappa shape index (κ1) is 22.7. The van der Waals surface area contributed by atoms with Crippen LogP contribution in [-0.2, 0) is 10.0 Å². The minimum Gasteiger partial charge on any atom is -0.322 e. The van der Waals surface area contributed by atoms with Crippen LogP contribution in [0.3, 0.4) is 0 Å². The fraction of sp³-hybridized carbons (Fsp3) is 0.333. The van der Waals surface area contributed by atoms with Crippen molar-refractivity contribution in [2.45, 2.75) is 35.9 Å². The molecule has 30 heavy (non-hydrogen) atoms. The summed E-state index contributed by atoms with van der Waals surface area (Å²) in [5, 5.41) is 2.87. The number of rotatable bonds is 9. The van der Waals surface area contributed by atoms with Crippen LogP contribution in [0.2, 0.25) is 0 Å². The van der Waals surface area contributed by atoms with Crippen LogP contribution in [0.15, 0.2) is 51.7 Å². The molecule has 0 aliphatic rings. The number of sulfonamides is 1. The molecule has 1 N–H and O–H groups in total. The van der Waals surface area contributed by atoms with E-state index in [4.69, 9.17) is 0 Å². The minimum absolute atomic E-state index is 0.205. The van der Waals surface area contributed by atoms with Gasteiger partial charge in [0.25, 0.3) is 5.91 Å². The second-order valence-corrected chi connectivity index (χ2v) is 10.8. The number of benzene rings is 2. The third kappa shape index (κ3) is 5.03. The van der Waals surface area contributed by atoms with Gasteiger partial charge in [-0.15, -0.1) is 11.3 Å². The van der Waals surface area contributed by atoms with Crippen LogP contribution in [0, 0.1) is 0 Å². The molecule has 1 amide bonds. The molecular formula is C21H25N3O3S3. The summed E-state index contributed by atoms with van der Waals surface area (Å²) in [5.74, 6) is -0.285. The molecule has 3 rings (SSSR count). The van der Waals surface area contributed by atoms with Crippen LogP contribution in [0.1, 0.15) is 37.0 Å². The number of hydrogen-bond acceptors (Lipinski definition) is 6. The maximum atomic E-state index is 12.9. The van der Waals surface area contributed by atoms with Gasteiger partial charge in [-0.1, -0.05) is 25.6 Å². The molecule has 1 aromatic heterocycles. The highest BCUT2D eigenvalue weighted by Gasteiger charge is 2.23. The molecule has 6 nitrogen and oxygen atoms in total. The van der Waals surface area contributed by atoms with Crippen molar-refractivity contribution in [2.24, 2.45) is 0 Å². The number of anilines is 1. The van der Waals surface area contributed by atoms with E-state index in [1.165, 1.54) is 16.4 Å². The Hall–Kier alpha value is -1.94. The van der Waals surface area contributed by atoms with Crippen LogP contribution in [0.25, 0.3) is 10.2 Å². The molecule has 1 heterocycles. The number of thioether (sulfide) groups is 1. The van der Waals surface area contributed by atoms with Gasteiger partial charge in [0.1, 0.15) is 0 Å². The van der Waals surface area contributed by atoms with Gasteiger partial charge >= 0.3 is 0 Å². The van der Waals surface area contributed by atoms with Crippen LogP contribution in [0.4, 0.5) is 5.69 Å². The zero-order valence-corrected chi connectivity index (χ0v) is 19.7. The molecule has 0 atom stereocenters. The van der Waals surface area contributed by atoms with E-state index < -0.39 is 10.0 Å². The average molecular weight is 464 g/mol. The van der Waals surface area contributed by atoms with Crippen molar-refractivity contribution in [1.82, 2.24) is 9.29 Å². The topological polar surface area (TPSA) is 79.4 Å². The first-order valence-corrected chi connectivity index (χ1v) is 13.2. The Labute approximate surface area is 185 Å². The lowest BCUT2D eigenvalue weighted by Gasteiger charge is -2.21. The molecule has 160 valence electrons. The fourth-order valence-electron chi connectivity index (χ4n) is 3.05. The van der Waals surface area contributed by atoms with Gasteiger partial charge in [0, 0.05) is 24.3 Å². The van der Waals surface area contributed by atoms with E-state index in [0.717, 1.165) is 27.4 Å². The third-order valence-electron chi connectivity index (χ3n) is 4.50. The Balaban J connectivity index is 1.76. The van der Waals surface area contributed by atoms with E-state index in [1.54, 1.807) is 35.2 Å². The number of nitrogens with one attached hydrogen (secondary N) is 1. The van der Waals surface area contributed by atoms with Crippen molar-refractivity contribution in [3.63, 3.8) is 0 Å². The highest BCUT2D eigenvalue weighted by atomic mass is 32.2. The number of hydrogen-bond donors (Lipinski definition) is 1. The molecule has 0 saturated carbocycles. The van der Waals surface area contributed by atoms with Crippen LogP contribution in [0.5, 0.6) is 0 Å². The average Bonchev–Trinajstić information content (AvgIpc) is 3.16. The van der Waals surface area contributed by atoms with Crippen LogP contribution in [-0.4, -0.2) is 43.0 Å². The van der Waals surface area contributed by atoms with Crippen molar-refractivity contribution in [2.75, 3.05) is 24.7 Å². The lowest BCUT2D eigenvalue weighted by Crippen LogP contribution is -2.32. The third-order valence-corrected chi connectivity index (χ3v) is 8.42. The number of amides is 1. The predicted molar refractivity (Wildman–Crippen MR) is 125 cm³/mol. The van der Waals surface area contributed by atoms with Crippen molar-refractivity contribution < 1.29 is 13.2 Å². The zero-order valence-electron chi connectivity index (χ0n) is 17.2. The molecule has 9 heteroatoms. The Morgan fingerprint density at radius 3 is 2.37 bits per heavy atom. The molecule has 3 aromatic rings. The van der Waals surface area contributed by atoms with Gasteiger partial charge in [-0.05, 0) is 61.6 Å². The highest BCUT2D eigenvalue weighted by molar-refractivity contribution is 8.00. The second-order valence-electron chi connectivity index (χ2n) is 6.75. The molecule has 0 saturated heterocycles. The van der Waals surface area contributed by atoms with E-state index in [1.807, 2.05) is 38.3 Å². The summed E-state index contributed by atoms with van der Waals surface area (Å²) >= 11 is 3.17. The van der Waals surface area contributed by atoms with Gasteiger partial charge in [-0.3, -0.25) is 4.79 Å². The SMILES string of the molecule is CCCN(CCC)S(=O)(=O)c1ccc(C(=O)Nc2ccc3nc(SC)sc3c2)cc1.